The Balaban J connectivity index is 0.898. The summed E-state index contributed by atoms with van der Waals surface area (Å²) in [5.41, 5.74) is 13.8. The third kappa shape index (κ3) is 4.56. The van der Waals surface area contributed by atoms with Gasteiger partial charge in [0, 0.05) is 61.9 Å². The molecular formula is C54H31NS2. The van der Waals surface area contributed by atoms with Gasteiger partial charge in [0.25, 0.3) is 0 Å². The number of hydrogen-bond donors (Lipinski definition) is 0. The summed E-state index contributed by atoms with van der Waals surface area (Å²) in [5.74, 6) is 0. The van der Waals surface area contributed by atoms with E-state index in [0.717, 1.165) is 0 Å². The molecular weight excluding hydrogens is 727 g/mol. The third-order valence-electron chi connectivity index (χ3n) is 12.2. The van der Waals surface area contributed by atoms with Gasteiger partial charge in [0.15, 0.2) is 0 Å². The van der Waals surface area contributed by atoms with Crippen LogP contribution < -0.4 is 0 Å². The average molecular weight is 758 g/mol. The number of aromatic nitrogens is 1. The monoisotopic (exact) mass is 757 g/mol. The molecule has 1 nitrogen and oxygen atoms in total. The average Bonchev–Trinajstić information content (AvgIpc) is 4.03. The van der Waals surface area contributed by atoms with Crippen molar-refractivity contribution in [3.8, 4) is 44.5 Å². The summed E-state index contributed by atoms with van der Waals surface area (Å²) in [6.45, 7) is 0. The molecule has 0 aliphatic heterocycles. The van der Waals surface area contributed by atoms with Crippen molar-refractivity contribution in [2.75, 3.05) is 0 Å². The molecule has 4 aromatic heterocycles. The van der Waals surface area contributed by atoms with Gasteiger partial charge in [-0.05, 0) is 80.9 Å². The highest BCUT2D eigenvalue weighted by atomic mass is 32.1. The Morgan fingerprint density at radius 2 is 0.667 bits per heavy atom. The molecule has 0 saturated carbocycles. The minimum atomic E-state index is 1.23. The van der Waals surface area contributed by atoms with Crippen molar-refractivity contribution in [3.63, 3.8) is 0 Å². The van der Waals surface area contributed by atoms with Gasteiger partial charge in [0.1, 0.15) is 0 Å². The van der Waals surface area contributed by atoms with Crippen LogP contribution in [0.2, 0.25) is 0 Å². The zero-order chi connectivity index (χ0) is 37.2. The molecule has 0 unspecified atom stereocenters. The quantitative estimate of drug-likeness (QED) is 0.168. The van der Waals surface area contributed by atoms with E-state index in [0.29, 0.717) is 0 Å². The lowest BCUT2D eigenvalue weighted by Crippen LogP contribution is -1.85. The Kier molecular flexibility index (Phi) is 6.54. The molecule has 0 radical (unpaired) electrons. The molecule has 0 fully saturated rings. The molecule has 0 bridgehead atoms. The summed E-state index contributed by atoms with van der Waals surface area (Å²) in [6.07, 6.45) is 0. The summed E-state index contributed by atoms with van der Waals surface area (Å²) in [5, 5.41) is 10.6. The van der Waals surface area contributed by atoms with Crippen LogP contribution in [0.4, 0.5) is 0 Å². The van der Waals surface area contributed by atoms with E-state index in [1.165, 1.54) is 123 Å². The SMILES string of the molecule is c1ccc2c(c1)sc1cc(-c3ccc(-c4cccc5c4c4cccc6c7c(-c8ccc(-c9ccc%10c(c9)sc9ccccc9%10)cc8)cccc7n5c46)cc3)ccc12. The van der Waals surface area contributed by atoms with E-state index in [1.54, 1.807) is 0 Å². The summed E-state index contributed by atoms with van der Waals surface area (Å²) >= 11 is 3.75. The maximum Gasteiger partial charge on any atom is 0.0620 e. The van der Waals surface area contributed by atoms with Gasteiger partial charge in [-0.25, -0.2) is 0 Å². The van der Waals surface area contributed by atoms with Crippen molar-refractivity contribution in [1.29, 1.82) is 0 Å². The topological polar surface area (TPSA) is 4.41 Å². The Hall–Kier alpha value is -6.78. The van der Waals surface area contributed by atoms with Crippen molar-refractivity contribution in [2.45, 2.75) is 0 Å². The molecule has 13 rings (SSSR count). The van der Waals surface area contributed by atoms with E-state index in [4.69, 9.17) is 0 Å². The van der Waals surface area contributed by atoms with E-state index >= 15 is 0 Å². The Labute approximate surface area is 336 Å². The van der Waals surface area contributed by atoms with Crippen LogP contribution in [0.1, 0.15) is 0 Å². The Bertz CT molecular complexity index is 3490. The largest absolute Gasteiger partial charge is 0.308 e. The standard InChI is InChI=1S/C54H31NS2/c1-3-16-48-40(8-1)42-28-26-36(30-50(42)56-48)32-18-22-34(23-19-32)38-10-6-14-46-52(38)44-12-5-13-45-53-39(11-7-15-47(53)55(46)54(44)45)35-24-20-33(21-25-35)37-27-29-43-41-9-2-4-17-49(41)57-51(43)31-37/h1-31H. The summed E-state index contributed by atoms with van der Waals surface area (Å²) in [6, 6.07) is 70.0. The van der Waals surface area contributed by atoms with E-state index < -0.39 is 0 Å². The van der Waals surface area contributed by atoms with Crippen LogP contribution in [-0.2, 0) is 0 Å². The molecule has 0 atom stereocenters. The fraction of sp³-hybridized carbons (Fsp3) is 0. The van der Waals surface area contributed by atoms with Gasteiger partial charge in [0.2, 0.25) is 0 Å². The Morgan fingerprint density at radius 1 is 0.281 bits per heavy atom. The highest BCUT2D eigenvalue weighted by Crippen LogP contribution is 2.46. The number of fused-ring (bicyclic) bond motifs is 12. The van der Waals surface area contributed by atoms with Crippen molar-refractivity contribution < 1.29 is 0 Å². The molecule has 4 heterocycles. The normalized spacial score (nSPS) is 12.2. The number of nitrogens with zero attached hydrogens (tertiary/aromatic N) is 1. The van der Waals surface area contributed by atoms with Gasteiger partial charge in [-0.1, -0.05) is 152 Å². The number of hydrogen-bond acceptors (Lipinski definition) is 2. The summed E-state index contributed by atoms with van der Waals surface area (Å²) in [7, 11) is 0. The van der Waals surface area contributed by atoms with Gasteiger partial charge in [0.05, 0.1) is 16.6 Å². The third-order valence-corrected chi connectivity index (χ3v) is 14.4. The first-order chi connectivity index (χ1) is 28.2. The zero-order valence-electron chi connectivity index (χ0n) is 30.7. The van der Waals surface area contributed by atoms with Gasteiger partial charge in [-0.15, -0.1) is 22.7 Å². The fourth-order valence-corrected chi connectivity index (χ4v) is 11.8. The van der Waals surface area contributed by atoms with Gasteiger partial charge < -0.3 is 4.40 Å². The molecule has 264 valence electrons. The molecule has 3 heteroatoms. The predicted molar refractivity (Wildman–Crippen MR) is 249 cm³/mol. The molecule has 9 aromatic carbocycles. The maximum atomic E-state index is 2.51. The second-order valence-electron chi connectivity index (χ2n) is 15.2. The van der Waals surface area contributed by atoms with Gasteiger partial charge in [-0.3, -0.25) is 0 Å². The van der Waals surface area contributed by atoms with Crippen molar-refractivity contribution in [1.82, 2.24) is 4.40 Å². The van der Waals surface area contributed by atoms with Crippen LogP contribution in [0, 0.1) is 0 Å². The molecule has 0 aliphatic rings. The molecule has 0 saturated heterocycles. The fourth-order valence-electron chi connectivity index (χ4n) is 9.55. The van der Waals surface area contributed by atoms with Crippen LogP contribution in [0.3, 0.4) is 0 Å². The number of benzene rings is 9. The van der Waals surface area contributed by atoms with Crippen molar-refractivity contribution >= 4 is 101 Å². The first kappa shape index (κ1) is 31.4. The zero-order valence-corrected chi connectivity index (χ0v) is 32.3. The second-order valence-corrected chi connectivity index (χ2v) is 17.4. The summed E-state index contributed by atoms with van der Waals surface area (Å²) < 4.78 is 7.86. The van der Waals surface area contributed by atoms with Crippen molar-refractivity contribution in [3.05, 3.63) is 188 Å². The number of rotatable bonds is 4. The molecule has 0 amide bonds. The molecule has 0 aliphatic carbocycles. The minimum absolute atomic E-state index is 1.23. The lowest BCUT2D eigenvalue weighted by atomic mass is 9.94. The smallest absolute Gasteiger partial charge is 0.0620 e. The van der Waals surface area contributed by atoms with Crippen LogP contribution in [0.25, 0.3) is 123 Å². The van der Waals surface area contributed by atoms with Crippen molar-refractivity contribution in [2.24, 2.45) is 0 Å². The molecule has 0 N–H and O–H groups in total. The van der Waals surface area contributed by atoms with E-state index in [2.05, 4.69) is 192 Å². The van der Waals surface area contributed by atoms with E-state index in [9.17, 15) is 0 Å². The minimum Gasteiger partial charge on any atom is -0.308 e. The molecule has 0 spiro atoms. The number of thiophene rings is 2. The lowest BCUT2D eigenvalue weighted by molar-refractivity contribution is 1.37. The van der Waals surface area contributed by atoms with Crippen LogP contribution in [-0.4, -0.2) is 4.40 Å². The summed E-state index contributed by atoms with van der Waals surface area (Å²) in [4.78, 5) is 0. The first-order valence-electron chi connectivity index (χ1n) is 19.5. The van der Waals surface area contributed by atoms with Crippen LogP contribution in [0.5, 0.6) is 0 Å². The van der Waals surface area contributed by atoms with Crippen LogP contribution in [0.15, 0.2) is 188 Å². The van der Waals surface area contributed by atoms with Gasteiger partial charge >= 0.3 is 0 Å². The Morgan fingerprint density at radius 3 is 1.16 bits per heavy atom. The maximum absolute atomic E-state index is 2.51. The van der Waals surface area contributed by atoms with E-state index in [-0.39, 0.29) is 0 Å². The highest BCUT2D eigenvalue weighted by molar-refractivity contribution is 7.26. The van der Waals surface area contributed by atoms with Crippen LogP contribution >= 0.6 is 22.7 Å². The molecule has 13 aromatic rings. The first-order valence-corrected chi connectivity index (χ1v) is 21.1. The molecule has 57 heavy (non-hydrogen) atoms. The highest BCUT2D eigenvalue weighted by Gasteiger charge is 2.21. The van der Waals surface area contributed by atoms with Gasteiger partial charge in [-0.2, -0.15) is 0 Å². The second kappa shape index (κ2) is 11.9. The predicted octanol–water partition coefficient (Wildman–Crippen LogP) is 16.2. The lowest BCUT2D eigenvalue weighted by Gasteiger charge is -2.09. The number of para-hydroxylation sites is 1. The van der Waals surface area contributed by atoms with E-state index in [1.807, 2.05) is 22.7 Å².